The first-order valence-corrected chi connectivity index (χ1v) is 7.49. The van der Waals surface area contributed by atoms with Gasteiger partial charge in [-0.05, 0) is 31.7 Å². The largest absolute Gasteiger partial charge is 0.326 e. The van der Waals surface area contributed by atoms with Crippen LogP contribution >= 0.6 is 11.6 Å². The first-order valence-electron chi connectivity index (χ1n) is 7.05. The summed E-state index contributed by atoms with van der Waals surface area (Å²) in [5.74, 6) is -0.0222. The lowest BCUT2D eigenvalue weighted by atomic mass is 10.1. The van der Waals surface area contributed by atoms with Gasteiger partial charge >= 0.3 is 0 Å². The Morgan fingerprint density at radius 3 is 2.70 bits per heavy atom. The molecule has 0 saturated heterocycles. The van der Waals surface area contributed by atoms with Crippen molar-refractivity contribution in [3.63, 3.8) is 0 Å². The van der Waals surface area contributed by atoms with Crippen LogP contribution in [0, 0.1) is 17.6 Å². The highest BCUT2D eigenvalue weighted by Crippen LogP contribution is 2.32. The van der Waals surface area contributed by atoms with E-state index in [1.165, 1.54) is 18.9 Å². The zero-order chi connectivity index (χ0) is 14.3. The van der Waals surface area contributed by atoms with Crippen LogP contribution in [0.1, 0.15) is 43.8 Å². The van der Waals surface area contributed by atoms with Gasteiger partial charge in [0.25, 0.3) is 0 Å². The van der Waals surface area contributed by atoms with Crippen molar-refractivity contribution in [3.05, 3.63) is 29.6 Å². The molecule has 1 aromatic heterocycles. The molecule has 0 bridgehead atoms. The molecule has 0 amide bonds. The minimum absolute atomic E-state index is 0.215. The van der Waals surface area contributed by atoms with Gasteiger partial charge in [0.2, 0.25) is 0 Å². The van der Waals surface area contributed by atoms with Crippen LogP contribution in [-0.2, 0) is 6.54 Å². The minimum atomic E-state index is -0.622. The molecule has 20 heavy (non-hydrogen) atoms. The van der Waals surface area contributed by atoms with E-state index < -0.39 is 11.6 Å². The Morgan fingerprint density at radius 2 is 2.05 bits per heavy atom. The van der Waals surface area contributed by atoms with Crippen molar-refractivity contribution >= 4 is 22.6 Å². The maximum Gasteiger partial charge on any atom is 0.153 e. The maximum absolute atomic E-state index is 13.9. The fourth-order valence-corrected chi connectivity index (χ4v) is 3.28. The molecule has 1 aromatic carbocycles. The Balaban J connectivity index is 2.12. The molecule has 1 heterocycles. The lowest BCUT2D eigenvalue weighted by Crippen LogP contribution is -2.11. The molecule has 1 unspecified atom stereocenters. The average molecular weight is 299 g/mol. The lowest BCUT2D eigenvalue weighted by molar-refractivity contribution is 0.454. The van der Waals surface area contributed by atoms with Gasteiger partial charge in [0.1, 0.15) is 17.2 Å². The van der Waals surface area contributed by atoms with E-state index in [4.69, 9.17) is 11.6 Å². The number of hydrogen-bond donors (Lipinski definition) is 0. The summed E-state index contributed by atoms with van der Waals surface area (Å²) >= 11 is 6.16. The number of imidazole rings is 1. The molecule has 5 heteroatoms. The molecule has 3 rings (SSSR count). The summed E-state index contributed by atoms with van der Waals surface area (Å²) in [6, 6.07) is 2.22. The van der Waals surface area contributed by atoms with Gasteiger partial charge in [-0.15, -0.1) is 11.6 Å². The normalized spacial score (nSPS) is 18.0. The number of nitrogens with zero attached hydrogens (tertiary/aromatic N) is 2. The molecule has 0 N–H and O–H groups in total. The van der Waals surface area contributed by atoms with E-state index in [0.29, 0.717) is 17.3 Å². The summed E-state index contributed by atoms with van der Waals surface area (Å²) in [6.07, 6.45) is 4.78. The third-order valence-corrected chi connectivity index (χ3v) is 4.27. The third-order valence-electron chi connectivity index (χ3n) is 4.07. The van der Waals surface area contributed by atoms with E-state index in [1.807, 2.05) is 11.5 Å². The Hall–Kier alpha value is -1.16. The van der Waals surface area contributed by atoms with Crippen LogP contribution in [0.4, 0.5) is 8.78 Å². The van der Waals surface area contributed by atoms with E-state index >= 15 is 0 Å². The van der Waals surface area contributed by atoms with Gasteiger partial charge in [0.05, 0.1) is 10.9 Å². The van der Waals surface area contributed by atoms with Gasteiger partial charge in [-0.1, -0.05) is 12.8 Å². The molecule has 108 valence electrons. The van der Waals surface area contributed by atoms with Crippen molar-refractivity contribution in [1.82, 2.24) is 9.55 Å². The quantitative estimate of drug-likeness (QED) is 0.744. The van der Waals surface area contributed by atoms with Gasteiger partial charge in [-0.3, -0.25) is 0 Å². The van der Waals surface area contributed by atoms with E-state index in [2.05, 4.69) is 4.98 Å². The first kappa shape index (κ1) is 13.8. The number of fused-ring (bicyclic) bond motifs is 1. The summed E-state index contributed by atoms with van der Waals surface area (Å²) in [6.45, 7) is 2.55. The fraction of sp³-hybridized carbons (Fsp3) is 0.533. The summed E-state index contributed by atoms with van der Waals surface area (Å²) in [5.41, 5.74) is 0.726. The van der Waals surface area contributed by atoms with E-state index in [9.17, 15) is 8.78 Å². The Bertz CT molecular complexity index is 630. The van der Waals surface area contributed by atoms with Crippen molar-refractivity contribution in [2.75, 3.05) is 0 Å². The standard InChI is InChI=1S/C15H17ClF2N2/c1-9(16)15-19-14-12(18)6-11(17)7-13(14)20(15)8-10-4-2-3-5-10/h6-7,9-10H,2-5,8H2,1H3. The number of alkyl halides is 1. The van der Waals surface area contributed by atoms with Crippen LogP contribution in [0.25, 0.3) is 11.0 Å². The molecule has 1 aliphatic carbocycles. The van der Waals surface area contributed by atoms with Crippen LogP contribution in [0.15, 0.2) is 12.1 Å². The van der Waals surface area contributed by atoms with Gasteiger partial charge in [0, 0.05) is 12.6 Å². The summed E-state index contributed by atoms with van der Waals surface area (Å²) in [5, 5.41) is -0.328. The molecule has 1 fully saturated rings. The molecule has 2 nitrogen and oxygen atoms in total. The molecular weight excluding hydrogens is 282 g/mol. The number of aromatic nitrogens is 2. The fourth-order valence-electron chi connectivity index (χ4n) is 3.11. The second-order valence-corrected chi connectivity index (χ2v) is 6.26. The number of rotatable bonds is 3. The number of hydrogen-bond acceptors (Lipinski definition) is 1. The molecule has 0 spiro atoms. The SMILES string of the molecule is CC(Cl)c1nc2c(F)cc(F)cc2n1CC1CCCC1. The summed E-state index contributed by atoms with van der Waals surface area (Å²) < 4.78 is 29.2. The van der Waals surface area contributed by atoms with Crippen molar-refractivity contribution in [1.29, 1.82) is 0 Å². The minimum Gasteiger partial charge on any atom is -0.326 e. The zero-order valence-corrected chi connectivity index (χ0v) is 12.1. The first-order chi connectivity index (χ1) is 9.56. The number of halogens is 3. The van der Waals surface area contributed by atoms with Crippen LogP contribution in [0.2, 0.25) is 0 Å². The second kappa shape index (κ2) is 5.32. The average Bonchev–Trinajstić information content (AvgIpc) is 2.98. The van der Waals surface area contributed by atoms with Crippen LogP contribution < -0.4 is 0 Å². The van der Waals surface area contributed by atoms with E-state index in [0.717, 1.165) is 25.5 Å². The van der Waals surface area contributed by atoms with Crippen LogP contribution in [0.5, 0.6) is 0 Å². The second-order valence-electron chi connectivity index (χ2n) is 5.60. The molecule has 0 radical (unpaired) electrons. The number of benzene rings is 1. The molecule has 1 saturated carbocycles. The highest BCUT2D eigenvalue weighted by molar-refractivity contribution is 6.20. The van der Waals surface area contributed by atoms with Crippen molar-refractivity contribution < 1.29 is 8.78 Å². The zero-order valence-electron chi connectivity index (χ0n) is 11.4. The summed E-state index contributed by atoms with van der Waals surface area (Å²) in [4.78, 5) is 4.28. The lowest BCUT2D eigenvalue weighted by Gasteiger charge is -2.15. The van der Waals surface area contributed by atoms with Crippen LogP contribution in [0.3, 0.4) is 0 Å². The molecule has 0 aliphatic heterocycles. The van der Waals surface area contributed by atoms with Gasteiger partial charge in [-0.25, -0.2) is 13.8 Å². The summed E-state index contributed by atoms with van der Waals surface area (Å²) in [7, 11) is 0. The predicted molar refractivity (Wildman–Crippen MR) is 75.9 cm³/mol. The monoisotopic (exact) mass is 298 g/mol. The Morgan fingerprint density at radius 1 is 1.35 bits per heavy atom. The topological polar surface area (TPSA) is 17.8 Å². The van der Waals surface area contributed by atoms with Crippen molar-refractivity contribution in [3.8, 4) is 0 Å². The maximum atomic E-state index is 13.9. The molecule has 2 aromatic rings. The molecule has 1 aliphatic rings. The Kier molecular flexibility index (Phi) is 3.67. The predicted octanol–water partition coefficient (Wildman–Crippen LogP) is 4.80. The smallest absolute Gasteiger partial charge is 0.153 e. The van der Waals surface area contributed by atoms with Gasteiger partial charge in [-0.2, -0.15) is 0 Å². The van der Waals surface area contributed by atoms with Gasteiger partial charge < -0.3 is 4.57 Å². The van der Waals surface area contributed by atoms with E-state index in [-0.39, 0.29) is 10.9 Å². The van der Waals surface area contributed by atoms with Crippen molar-refractivity contribution in [2.24, 2.45) is 5.92 Å². The molecule has 1 atom stereocenters. The van der Waals surface area contributed by atoms with Crippen LogP contribution in [-0.4, -0.2) is 9.55 Å². The molecular formula is C15H17ClF2N2. The highest BCUT2D eigenvalue weighted by Gasteiger charge is 2.22. The van der Waals surface area contributed by atoms with E-state index in [1.54, 1.807) is 0 Å². The highest BCUT2D eigenvalue weighted by atomic mass is 35.5. The third kappa shape index (κ3) is 2.41. The van der Waals surface area contributed by atoms with Crippen molar-refractivity contribution in [2.45, 2.75) is 44.5 Å². The Labute approximate surface area is 121 Å². The van der Waals surface area contributed by atoms with Gasteiger partial charge in [0.15, 0.2) is 5.82 Å².